The predicted molar refractivity (Wildman–Crippen MR) is 114 cm³/mol. The summed E-state index contributed by atoms with van der Waals surface area (Å²) in [6.07, 6.45) is 1.83. The number of aromatic nitrogens is 4. The van der Waals surface area contributed by atoms with Crippen molar-refractivity contribution in [3.05, 3.63) is 81.7 Å². The molecule has 3 aromatic heterocycles. The van der Waals surface area contributed by atoms with Crippen LogP contribution in [0.2, 0.25) is 0 Å². The Morgan fingerprint density at radius 1 is 1.17 bits per heavy atom. The Kier molecular flexibility index (Phi) is 3.99. The zero-order valence-electron chi connectivity index (χ0n) is 15.3. The van der Waals surface area contributed by atoms with E-state index in [1.165, 1.54) is 11.3 Å². The van der Waals surface area contributed by atoms with E-state index in [0.717, 1.165) is 16.6 Å². The Hall–Kier alpha value is -3.78. The van der Waals surface area contributed by atoms with Gasteiger partial charge in [-0.3, -0.25) is 9.59 Å². The monoisotopic (exact) mass is 401 g/mol. The summed E-state index contributed by atoms with van der Waals surface area (Å²) >= 11 is 1.36. The number of aryl methyl sites for hydroxylation is 1. The van der Waals surface area contributed by atoms with Crippen molar-refractivity contribution < 1.29 is 4.79 Å². The van der Waals surface area contributed by atoms with Crippen LogP contribution in [0.15, 0.2) is 64.9 Å². The van der Waals surface area contributed by atoms with E-state index in [1.807, 2.05) is 30.6 Å². The molecule has 5 aromatic rings. The van der Waals surface area contributed by atoms with E-state index >= 15 is 0 Å². The van der Waals surface area contributed by atoms with Crippen molar-refractivity contribution in [1.29, 1.82) is 0 Å². The third-order valence-electron chi connectivity index (χ3n) is 4.70. The van der Waals surface area contributed by atoms with Crippen molar-refractivity contribution in [2.24, 2.45) is 0 Å². The van der Waals surface area contributed by atoms with Crippen LogP contribution in [0.3, 0.4) is 0 Å². The Morgan fingerprint density at radius 2 is 2.03 bits per heavy atom. The molecule has 0 aliphatic rings. The lowest BCUT2D eigenvalue weighted by Gasteiger charge is -2.10. The van der Waals surface area contributed by atoms with E-state index in [-0.39, 0.29) is 11.6 Å². The van der Waals surface area contributed by atoms with Crippen LogP contribution in [-0.2, 0) is 0 Å². The topological polar surface area (TPSA) is 92.1 Å². The van der Waals surface area contributed by atoms with Crippen LogP contribution < -0.4 is 10.9 Å². The first-order valence-electron chi connectivity index (χ1n) is 8.93. The molecule has 0 spiro atoms. The first-order chi connectivity index (χ1) is 14.1. The first-order valence-corrected chi connectivity index (χ1v) is 9.81. The molecule has 2 aromatic carbocycles. The molecule has 0 saturated carbocycles. The summed E-state index contributed by atoms with van der Waals surface area (Å²) in [6, 6.07) is 14.5. The highest BCUT2D eigenvalue weighted by Crippen LogP contribution is 2.25. The van der Waals surface area contributed by atoms with Gasteiger partial charge in [0.15, 0.2) is 5.69 Å². The van der Waals surface area contributed by atoms with Crippen molar-refractivity contribution in [2.45, 2.75) is 6.92 Å². The van der Waals surface area contributed by atoms with Gasteiger partial charge >= 0.3 is 5.56 Å². The van der Waals surface area contributed by atoms with Gasteiger partial charge < -0.3 is 10.3 Å². The maximum absolute atomic E-state index is 12.8. The summed E-state index contributed by atoms with van der Waals surface area (Å²) in [5.41, 5.74) is 3.08. The maximum atomic E-state index is 12.8. The third-order valence-corrected chi connectivity index (χ3v) is 5.63. The van der Waals surface area contributed by atoms with E-state index in [9.17, 15) is 9.59 Å². The van der Waals surface area contributed by atoms with Gasteiger partial charge in [0.2, 0.25) is 4.96 Å². The SMILES string of the molecule is Cc1csc2nc(=O)c(-c3ccccc3NC(=O)c3ccc4cc[nH]c4c3)nn12. The number of rotatable bonds is 3. The molecule has 3 heterocycles. The third kappa shape index (κ3) is 2.99. The molecular formula is C21H15N5O2S. The number of anilines is 1. The van der Waals surface area contributed by atoms with Gasteiger partial charge in [0.05, 0.1) is 11.4 Å². The molecule has 8 heteroatoms. The van der Waals surface area contributed by atoms with Crippen LogP contribution in [0.1, 0.15) is 16.1 Å². The lowest BCUT2D eigenvalue weighted by Crippen LogP contribution is -2.17. The minimum Gasteiger partial charge on any atom is -0.361 e. The molecule has 0 atom stereocenters. The number of hydrogen-bond acceptors (Lipinski definition) is 5. The number of H-pyrrole nitrogens is 1. The first kappa shape index (κ1) is 17.3. The minimum absolute atomic E-state index is 0.194. The Labute approximate surface area is 168 Å². The van der Waals surface area contributed by atoms with Gasteiger partial charge in [-0.2, -0.15) is 10.1 Å². The van der Waals surface area contributed by atoms with Crippen LogP contribution in [0.25, 0.3) is 27.1 Å². The highest BCUT2D eigenvalue weighted by molar-refractivity contribution is 7.15. The molecule has 0 aliphatic carbocycles. The number of amides is 1. The number of aromatic amines is 1. The molecule has 0 saturated heterocycles. The summed E-state index contributed by atoms with van der Waals surface area (Å²) in [6.45, 7) is 1.90. The van der Waals surface area contributed by atoms with E-state index < -0.39 is 5.56 Å². The Morgan fingerprint density at radius 3 is 2.93 bits per heavy atom. The molecule has 0 fully saturated rings. The minimum atomic E-state index is -0.429. The molecule has 7 nitrogen and oxygen atoms in total. The van der Waals surface area contributed by atoms with Gasteiger partial charge in [0.25, 0.3) is 5.91 Å². The summed E-state index contributed by atoms with van der Waals surface area (Å²) < 4.78 is 1.64. The smallest absolute Gasteiger partial charge is 0.300 e. The van der Waals surface area contributed by atoms with Crippen molar-refractivity contribution in [1.82, 2.24) is 19.6 Å². The zero-order chi connectivity index (χ0) is 20.0. The number of benzene rings is 2. The molecule has 29 heavy (non-hydrogen) atoms. The van der Waals surface area contributed by atoms with Crippen LogP contribution in [0.5, 0.6) is 0 Å². The van der Waals surface area contributed by atoms with Gasteiger partial charge in [0.1, 0.15) is 0 Å². The average Bonchev–Trinajstić information content (AvgIpc) is 3.34. The number of carbonyl (C=O) groups is 1. The average molecular weight is 401 g/mol. The fourth-order valence-corrected chi connectivity index (χ4v) is 4.01. The number of carbonyl (C=O) groups excluding carboxylic acids is 1. The van der Waals surface area contributed by atoms with Gasteiger partial charge in [-0.25, -0.2) is 4.52 Å². The van der Waals surface area contributed by atoms with E-state index in [0.29, 0.717) is 21.8 Å². The molecule has 142 valence electrons. The predicted octanol–water partition coefficient (Wildman–Crippen LogP) is 3.86. The van der Waals surface area contributed by atoms with E-state index in [1.54, 1.807) is 40.9 Å². The van der Waals surface area contributed by atoms with E-state index in [2.05, 4.69) is 20.4 Å². The molecule has 0 unspecified atom stereocenters. The van der Waals surface area contributed by atoms with Gasteiger partial charge in [-0.15, -0.1) is 11.3 Å². The van der Waals surface area contributed by atoms with Crippen molar-refractivity contribution >= 4 is 38.8 Å². The van der Waals surface area contributed by atoms with Crippen molar-refractivity contribution in [3.63, 3.8) is 0 Å². The summed E-state index contributed by atoms with van der Waals surface area (Å²) in [5, 5.41) is 10.3. The van der Waals surface area contributed by atoms with Gasteiger partial charge in [-0.1, -0.05) is 24.3 Å². The van der Waals surface area contributed by atoms with Crippen molar-refractivity contribution in [2.75, 3.05) is 5.32 Å². The fraction of sp³-hybridized carbons (Fsp3) is 0.0476. The molecule has 0 radical (unpaired) electrons. The summed E-state index contributed by atoms with van der Waals surface area (Å²) in [4.78, 5) is 33.2. The highest BCUT2D eigenvalue weighted by atomic mass is 32.1. The normalized spacial score (nSPS) is 11.2. The van der Waals surface area contributed by atoms with Gasteiger partial charge in [-0.05, 0) is 36.6 Å². The quantitative estimate of drug-likeness (QED) is 0.480. The zero-order valence-corrected chi connectivity index (χ0v) is 16.2. The fourth-order valence-electron chi connectivity index (χ4n) is 3.22. The van der Waals surface area contributed by atoms with Crippen LogP contribution >= 0.6 is 11.3 Å². The number of nitrogens with zero attached hydrogens (tertiary/aromatic N) is 3. The standard InChI is InChI=1S/C21H15N5O2S/c1-12-11-29-21-24-20(28)18(25-26(12)21)15-4-2-3-5-16(15)23-19(27)14-7-6-13-8-9-22-17(13)10-14/h2-11,22H,1H3,(H,23,27). The lowest BCUT2D eigenvalue weighted by molar-refractivity contribution is 0.102. The van der Waals surface area contributed by atoms with E-state index in [4.69, 9.17) is 0 Å². The molecular weight excluding hydrogens is 386 g/mol. The number of fused-ring (bicyclic) bond motifs is 2. The van der Waals surface area contributed by atoms with Crippen molar-refractivity contribution in [3.8, 4) is 11.3 Å². The summed E-state index contributed by atoms with van der Waals surface area (Å²) in [7, 11) is 0. The highest BCUT2D eigenvalue weighted by Gasteiger charge is 2.16. The lowest BCUT2D eigenvalue weighted by atomic mass is 10.1. The molecule has 5 rings (SSSR count). The molecule has 2 N–H and O–H groups in total. The Balaban J connectivity index is 1.56. The molecule has 1 amide bonds. The number of hydrogen-bond donors (Lipinski definition) is 2. The van der Waals surface area contributed by atoms with Crippen LogP contribution in [-0.4, -0.2) is 25.5 Å². The number of para-hydroxylation sites is 1. The molecule has 0 bridgehead atoms. The molecule has 0 aliphatic heterocycles. The van der Waals surface area contributed by atoms with Crippen LogP contribution in [0, 0.1) is 6.92 Å². The van der Waals surface area contributed by atoms with Gasteiger partial charge in [0, 0.05) is 28.2 Å². The second-order valence-electron chi connectivity index (χ2n) is 6.62. The van der Waals surface area contributed by atoms with Crippen LogP contribution in [0.4, 0.5) is 5.69 Å². The second-order valence-corrected chi connectivity index (χ2v) is 7.45. The largest absolute Gasteiger partial charge is 0.361 e. The maximum Gasteiger partial charge on any atom is 0.300 e. The summed E-state index contributed by atoms with van der Waals surface area (Å²) in [5.74, 6) is -0.269. The number of thiazole rings is 1. The second kappa shape index (κ2) is 6.68. The number of nitrogens with one attached hydrogen (secondary N) is 2. The Bertz CT molecular complexity index is 1450.